The summed E-state index contributed by atoms with van der Waals surface area (Å²) in [4.78, 5) is 1.56. The number of para-hydroxylation sites is 1. The highest BCUT2D eigenvalue weighted by atomic mass is 79.9. The van der Waals surface area contributed by atoms with Gasteiger partial charge in [0.05, 0.1) is 20.3 Å². The van der Waals surface area contributed by atoms with Crippen molar-refractivity contribution in [1.29, 1.82) is 0 Å². The van der Waals surface area contributed by atoms with E-state index in [0.717, 1.165) is 89.7 Å². The van der Waals surface area contributed by atoms with Crippen LogP contribution in [0.5, 0.6) is 23.0 Å². The van der Waals surface area contributed by atoms with Gasteiger partial charge in [-0.1, -0.05) is 370 Å². The highest BCUT2D eigenvalue weighted by molar-refractivity contribution is 9.11. The maximum Gasteiger partial charge on any atom is 0.573 e. The Bertz CT molecular complexity index is 5010. The van der Waals surface area contributed by atoms with Crippen LogP contribution in [0.15, 0.2) is 199 Å². The molecule has 4 nitrogen and oxygen atoms in total. The number of ether oxygens (including phenoxy) is 4. The first-order valence-corrected chi connectivity index (χ1v) is 50.7. The fourth-order valence-electron chi connectivity index (χ4n) is 13.3. The molecule has 11 aromatic rings. The number of thiophene rings is 1. The molecule has 0 aliphatic carbocycles. The topological polar surface area (TPSA) is 36.9 Å². The van der Waals surface area contributed by atoms with Crippen molar-refractivity contribution in [3.05, 3.63) is 340 Å². The number of rotatable bonds is 17. The van der Waals surface area contributed by atoms with Crippen molar-refractivity contribution in [3.63, 3.8) is 0 Å². The summed E-state index contributed by atoms with van der Waals surface area (Å²) in [6.07, 6.45) is -3.20. The molecule has 0 fully saturated rings. The zero-order chi connectivity index (χ0) is 101. The zero-order valence-electron chi connectivity index (χ0n) is 81.3. The second-order valence-corrected chi connectivity index (χ2v) is 41.9. The van der Waals surface area contributed by atoms with Gasteiger partial charge in [0.25, 0.3) is 0 Å². The van der Waals surface area contributed by atoms with Crippen LogP contribution in [0, 0.1) is 38.2 Å². The lowest BCUT2D eigenvalue weighted by Crippen LogP contribution is -2.18. The molecule has 0 aliphatic heterocycles. The molecule has 0 unspecified atom stereocenters. The van der Waals surface area contributed by atoms with Gasteiger partial charge in [0.15, 0.2) is 0 Å². The number of hydrogen-bond acceptors (Lipinski definition) is 5. The predicted octanol–water partition coefficient (Wildman–Crippen LogP) is 42.9. The van der Waals surface area contributed by atoms with Gasteiger partial charge in [0.2, 0.25) is 0 Å². The minimum absolute atomic E-state index is 0.00329. The van der Waals surface area contributed by atoms with E-state index in [-0.39, 0.29) is 53.0 Å². The summed E-state index contributed by atoms with van der Waals surface area (Å²) in [5, 5.41) is 7.78. The maximum atomic E-state index is 13.1. The summed E-state index contributed by atoms with van der Waals surface area (Å²) < 4.78 is 99.5. The van der Waals surface area contributed by atoms with Crippen LogP contribution in [-0.4, -0.2) is 26.7 Å². The summed E-state index contributed by atoms with van der Waals surface area (Å²) in [6, 6.07) is 52.7. The zero-order valence-corrected chi connectivity index (χ0v) is 94.5. The van der Waals surface area contributed by atoms with Crippen molar-refractivity contribution in [2.45, 2.75) is 278 Å². The molecule has 722 valence electrons. The average molecular weight is 2250 g/mol. The van der Waals surface area contributed by atoms with E-state index in [1.165, 1.54) is 69.0 Å². The molecule has 0 bridgehead atoms. The number of benzene rings is 10. The van der Waals surface area contributed by atoms with Crippen LogP contribution in [0.1, 0.15) is 321 Å². The molecule has 0 aliphatic rings. The number of halogens is 18. The van der Waals surface area contributed by atoms with E-state index >= 15 is 0 Å². The maximum absolute atomic E-state index is 13.1. The normalized spacial score (nSPS) is 10.8. The lowest BCUT2D eigenvalue weighted by atomic mass is 9.97. The van der Waals surface area contributed by atoms with Gasteiger partial charge in [-0.15, -0.1) is 24.5 Å². The smallest absolute Gasteiger partial charge is 0.496 e. The van der Waals surface area contributed by atoms with Crippen LogP contribution in [-0.2, 0) is 6.42 Å². The minimum Gasteiger partial charge on any atom is -0.496 e. The van der Waals surface area contributed by atoms with Crippen LogP contribution < -0.4 is 18.9 Å². The Labute approximate surface area is 859 Å². The van der Waals surface area contributed by atoms with Gasteiger partial charge in [-0.25, -0.2) is 13.2 Å². The van der Waals surface area contributed by atoms with E-state index in [2.05, 4.69) is 208 Å². The van der Waals surface area contributed by atoms with E-state index < -0.39 is 6.36 Å². The molecular formula is C108H134Br4Cl8F6O4S. The van der Waals surface area contributed by atoms with Crippen molar-refractivity contribution in [3.8, 4) is 23.0 Å². The number of hydrogen-bond donors (Lipinski definition) is 0. The molecule has 0 radical (unpaired) electrons. The molecule has 11 rings (SSSR count). The number of alkyl halides is 3. The van der Waals surface area contributed by atoms with Crippen LogP contribution in [0.2, 0.25) is 40.2 Å². The highest BCUT2D eigenvalue weighted by Gasteiger charge is 2.33. The molecular weight excluding hydrogens is 2110 g/mol. The van der Waals surface area contributed by atoms with E-state index in [0.29, 0.717) is 72.6 Å². The molecule has 10 aromatic carbocycles. The fraction of sp³-hybridized carbons (Fsp3) is 0.407. The Morgan fingerprint density at radius 2 is 0.786 bits per heavy atom. The summed E-state index contributed by atoms with van der Waals surface area (Å²) in [6.45, 7) is 57.7. The Kier molecular flexibility index (Phi) is 59.3. The Morgan fingerprint density at radius 1 is 0.344 bits per heavy atom. The van der Waals surface area contributed by atoms with E-state index in [9.17, 15) is 26.3 Å². The van der Waals surface area contributed by atoms with Crippen molar-refractivity contribution in [1.82, 2.24) is 0 Å². The molecule has 0 spiro atoms. The van der Waals surface area contributed by atoms with Crippen molar-refractivity contribution in [2.24, 2.45) is 0 Å². The molecule has 1 heterocycles. The second kappa shape index (κ2) is 62.7. The molecule has 0 saturated carbocycles. The minimum atomic E-state index is -4.63. The number of methoxy groups -OCH3 is 2. The highest BCUT2D eigenvalue weighted by Crippen LogP contribution is 2.40. The largest absolute Gasteiger partial charge is 0.573 e. The van der Waals surface area contributed by atoms with Gasteiger partial charge >= 0.3 is 6.36 Å². The van der Waals surface area contributed by atoms with Gasteiger partial charge in [-0.2, -0.15) is 0 Å². The quantitative estimate of drug-likeness (QED) is 0.0852. The average Bonchev–Trinajstić information content (AvgIpc) is 1.30. The molecule has 0 saturated heterocycles. The monoisotopic (exact) mass is 2240 g/mol. The Morgan fingerprint density at radius 3 is 1.19 bits per heavy atom. The van der Waals surface area contributed by atoms with Gasteiger partial charge in [0.1, 0.15) is 40.4 Å². The first kappa shape index (κ1) is 124. The van der Waals surface area contributed by atoms with Crippen LogP contribution in [0.3, 0.4) is 0 Å². The molecule has 0 amide bonds. The number of aryl methyl sites for hydroxylation is 3. The molecule has 23 heteroatoms. The lowest BCUT2D eigenvalue weighted by Gasteiger charge is -2.17. The van der Waals surface area contributed by atoms with Gasteiger partial charge in [-0.05, 0) is 294 Å². The van der Waals surface area contributed by atoms with Gasteiger partial charge in [0, 0.05) is 79.6 Å². The van der Waals surface area contributed by atoms with Crippen LogP contribution in [0.25, 0.3) is 0 Å². The lowest BCUT2D eigenvalue weighted by molar-refractivity contribution is -0.275. The first-order valence-electron chi connectivity index (χ1n) is 43.6. The molecule has 131 heavy (non-hydrogen) atoms. The third-order valence-corrected chi connectivity index (χ3v) is 26.1. The Balaban J connectivity index is 0.000000721. The molecule has 0 atom stereocenters. The molecule has 1 aromatic heterocycles. The predicted molar refractivity (Wildman–Crippen MR) is 574 cm³/mol. The Hall–Kier alpha value is -5.08. The summed E-state index contributed by atoms with van der Waals surface area (Å²) in [5.74, 6) is 6.12. The summed E-state index contributed by atoms with van der Waals surface area (Å²) in [7, 11) is 3.29. The van der Waals surface area contributed by atoms with Gasteiger partial charge in [-0.3, -0.25) is 0 Å². The van der Waals surface area contributed by atoms with E-state index in [1.807, 2.05) is 161 Å². The van der Waals surface area contributed by atoms with Gasteiger partial charge < -0.3 is 18.9 Å². The third kappa shape index (κ3) is 44.1. The van der Waals surface area contributed by atoms with E-state index in [1.54, 1.807) is 74.6 Å². The van der Waals surface area contributed by atoms with Crippen LogP contribution in [0.4, 0.5) is 26.3 Å². The second-order valence-electron chi connectivity index (χ2n) is 34.2. The van der Waals surface area contributed by atoms with Crippen molar-refractivity contribution >= 4 is 168 Å². The fourth-order valence-corrected chi connectivity index (χ4v) is 20.1. The van der Waals surface area contributed by atoms with E-state index in [4.69, 9.17) is 107 Å². The SMILES string of the molecule is CC(C)Oc1ccccc1C(C)C.CC(C)c1c(Cl)cc(Cl)cc1Cl.CC(C)c1c(Cl)cccc1Br.CC(C)c1c(F)cccc1Br.CC(C)c1c(F)cccc1Cl.CC(C)c1cc(Br)ccc1Br.CCc1ccsc1C(C)C.COc1ccc(Cl)c(C)c1C(C)C.COc1ccc(F)cc1C(C)C.Cc1ccc(Cl)c(C(C)C)c1Cl.Cc1cccc(OC(F)(F)F)c1C(C)C. The standard InChI is InChI=1S/C12H18O.C11H15ClO.C11H13F3O.C10H12Cl2.C10H13FO.C9H10Br2.C9H10BrCl.C9H10BrF.C9H9Cl3.C9H10ClF.C9H14S/c1-9(2)11-7-5-6-8-12(11)13-10(3)4;1-7(2)11-8(3)9(12)5-6-10(11)13-4;1-7(2)10-8(3)5-4-6-9(10)15-11(12,13)14;1-6(2)9-8(11)5-4-7(3)10(9)12;1-7(2)9-6-8(11)4-5-10(9)12-3;1-6(2)8-5-7(10)3-4-9(8)11;2*1-6(2)9-7(10)4-3-5-8(9)11;1-5(2)9-7(11)3-6(10)4-8(9)12;1-6(2)9-7(10)4-3-5-8(9)11;1-4-8-5-6-10-9(8)7(2)3/h5-10H,1-4H3;5-7H,1-4H3;4-7H,1-3H3;4-6H,1-3H3;4-7H,1-3H3;3*3-6H,1-2H3;3-5H,1-2H3;3-6H,1-2H3;5-7H,4H2,1-3H3. The summed E-state index contributed by atoms with van der Waals surface area (Å²) in [5.41, 5.74) is 14.5. The summed E-state index contributed by atoms with van der Waals surface area (Å²) >= 11 is 63.2. The molecule has 0 N–H and O–H groups in total. The first-order chi connectivity index (χ1) is 60.9. The van der Waals surface area contributed by atoms with Crippen LogP contribution >= 0.6 is 168 Å². The van der Waals surface area contributed by atoms with Crippen molar-refractivity contribution in [2.75, 3.05) is 14.2 Å². The van der Waals surface area contributed by atoms with Crippen molar-refractivity contribution < 1.29 is 45.3 Å². The third-order valence-electron chi connectivity index (χ3n) is 19.5.